The van der Waals surface area contributed by atoms with E-state index in [1.54, 1.807) is 0 Å². The molecule has 2 aliphatic rings. The maximum absolute atomic E-state index is 4.69. The van der Waals surface area contributed by atoms with Crippen LogP contribution in [0.2, 0.25) is 0 Å². The van der Waals surface area contributed by atoms with Gasteiger partial charge in [0.15, 0.2) is 0 Å². The largest absolute Gasteiger partial charge is 0.368 e. The van der Waals surface area contributed by atoms with Crippen molar-refractivity contribution in [1.29, 1.82) is 0 Å². The highest BCUT2D eigenvalue weighted by Crippen LogP contribution is 2.27. The Kier molecular flexibility index (Phi) is 4.23. The van der Waals surface area contributed by atoms with E-state index >= 15 is 0 Å². The Morgan fingerprint density at radius 1 is 0.588 bits per heavy atom. The highest BCUT2D eigenvalue weighted by molar-refractivity contribution is 6.03. The monoisotopic (exact) mass is 446 g/mol. The lowest BCUT2D eigenvalue weighted by atomic mass is 10.1. The number of nitrogens with zero attached hydrogens (tertiary/aromatic N) is 4. The molecule has 0 saturated carbocycles. The number of nitrogens with one attached hydrogen (secondary N) is 4. The molecule has 2 aliphatic heterocycles. The zero-order chi connectivity index (χ0) is 22.5. The van der Waals surface area contributed by atoms with Crippen LogP contribution in [0.15, 0.2) is 70.9 Å². The van der Waals surface area contributed by atoms with Crippen molar-refractivity contribution in [2.45, 2.75) is 0 Å². The van der Waals surface area contributed by atoms with Crippen LogP contribution in [0.25, 0.3) is 44.6 Å². The third-order valence-corrected chi connectivity index (χ3v) is 6.34. The molecule has 3 aromatic heterocycles. The van der Waals surface area contributed by atoms with Crippen molar-refractivity contribution in [3.8, 4) is 22.8 Å². The molecule has 0 atom stereocenters. The van der Waals surface area contributed by atoms with E-state index in [2.05, 4.69) is 79.1 Å². The second kappa shape index (κ2) is 7.55. The van der Waals surface area contributed by atoms with Gasteiger partial charge < -0.3 is 20.6 Å². The summed E-state index contributed by atoms with van der Waals surface area (Å²) in [5, 5.41) is 8.92. The zero-order valence-corrected chi connectivity index (χ0v) is 18.4. The normalized spacial score (nSPS) is 15.4. The van der Waals surface area contributed by atoms with E-state index in [1.165, 1.54) is 0 Å². The van der Waals surface area contributed by atoms with Crippen molar-refractivity contribution >= 4 is 33.5 Å². The molecule has 0 amide bonds. The minimum absolute atomic E-state index is 0.807. The Labute approximate surface area is 195 Å². The minimum atomic E-state index is 0.807. The molecule has 2 aromatic carbocycles. The number of aromatic nitrogens is 4. The average molecular weight is 447 g/mol. The highest BCUT2D eigenvalue weighted by Gasteiger charge is 2.13. The van der Waals surface area contributed by atoms with Crippen LogP contribution in [0, 0.1) is 0 Å². The van der Waals surface area contributed by atoms with Gasteiger partial charge in [-0.3, -0.25) is 20.0 Å². The number of fused-ring (bicyclic) bond motifs is 2. The first-order chi connectivity index (χ1) is 16.8. The van der Waals surface area contributed by atoms with Gasteiger partial charge in [0.05, 0.1) is 36.9 Å². The molecule has 8 nitrogen and oxygen atoms in total. The average Bonchev–Trinajstić information content (AvgIpc) is 3.69. The first-order valence-corrected chi connectivity index (χ1v) is 11.5. The van der Waals surface area contributed by atoms with Crippen molar-refractivity contribution in [2.75, 3.05) is 26.2 Å². The molecule has 0 radical (unpaired) electrons. The molecule has 7 rings (SSSR count). The number of aliphatic imine (C=N–C) groups is 2. The Morgan fingerprint density at radius 3 is 1.50 bits per heavy atom. The predicted octanol–water partition coefficient (Wildman–Crippen LogP) is 3.47. The van der Waals surface area contributed by atoms with E-state index in [0.717, 1.165) is 93.6 Å². The molecule has 0 unspecified atom stereocenters. The van der Waals surface area contributed by atoms with Gasteiger partial charge in [0.1, 0.15) is 23.1 Å². The Bertz CT molecular complexity index is 1480. The van der Waals surface area contributed by atoms with Crippen LogP contribution in [-0.2, 0) is 0 Å². The van der Waals surface area contributed by atoms with E-state index in [4.69, 9.17) is 9.97 Å². The topological polar surface area (TPSA) is 106 Å². The third kappa shape index (κ3) is 3.23. The van der Waals surface area contributed by atoms with Gasteiger partial charge in [-0.25, -0.2) is 0 Å². The molecule has 0 saturated heterocycles. The standard InChI is InChI=1S/C26H22N8/c1-3-17(25-27-5-6-28-25)11-19-15(1)9-21(33-19)23-13-32-24(14-31-23)22-10-16-2-4-18(12-20(16)34-22)26-29-7-8-30-26/h1-4,9-14,33-34H,5-8H2,(H,27,28)(H,29,30). The molecular weight excluding hydrogens is 424 g/mol. The predicted molar refractivity (Wildman–Crippen MR) is 135 cm³/mol. The maximum Gasteiger partial charge on any atom is 0.128 e. The van der Waals surface area contributed by atoms with Crippen molar-refractivity contribution in [1.82, 2.24) is 30.6 Å². The van der Waals surface area contributed by atoms with E-state index in [1.807, 2.05) is 12.4 Å². The van der Waals surface area contributed by atoms with Crippen molar-refractivity contribution < 1.29 is 0 Å². The molecule has 5 heterocycles. The lowest BCUT2D eigenvalue weighted by Crippen LogP contribution is -2.19. The number of benzene rings is 2. The zero-order valence-electron chi connectivity index (χ0n) is 18.4. The number of hydrogen-bond acceptors (Lipinski definition) is 6. The van der Waals surface area contributed by atoms with Crippen LogP contribution in [-0.4, -0.2) is 57.8 Å². The Hall–Kier alpha value is -4.46. The van der Waals surface area contributed by atoms with Gasteiger partial charge in [0.25, 0.3) is 0 Å². The van der Waals surface area contributed by atoms with Crippen LogP contribution >= 0.6 is 0 Å². The summed E-state index contributed by atoms with van der Waals surface area (Å²) in [6.45, 7) is 3.45. The molecule has 0 spiro atoms. The number of amidine groups is 2. The summed E-state index contributed by atoms with van der Waals surface area (Å²) in [5.41, 5.74) is 7.81. The summed E-state index contributed by atoms with van der Waals surface area (Å²) in [6.07, 6.45) is 3.63. The molecule has 5 aromatic rings. The van der Waals surface area contributed by atoms with E-state index in [0.29, 0.717) is 0 Å². The van der Waals surface area contributed by atoms with Crippen molar-refractivity contribution in [3.05, 3.63) is 72.1 Å². The van der Waals surface area contributed by atoms with Crippen LogP contribution in [0.1, 0.15) is 11.1 Å². The summed E-state index contributed by atoms with van der Waals surface area (Å²) < 4.78 is 0. The second-order valence-corrected chi connectivity index (χ2v) is 8.57. The smallest absolute Gasteiger partial charge is 0.128 e. The lowest BCUT2D eigenvalue weighted by molar-refractivity contribution is 0.960. The highest BCUT2D eigenvalue weighted by atomic mass is 15.1. The Balaban J connectivity index is 1.18. The second-order valence-electron chi connectivity index (χ2n) is 8.57. The van der Waals surface area contributed by atoms with Gasteiger partial charge in [-0.05, 0) is 24.3 Å². The lowest BCUT2D eigenvalue weighted by Gasteiger charge is -2.02. The number of H-pyrrole nitrogens is 2. The summed E-state index contributed by atoms with van der Waals surface area (Å²) in [7, 11) is 0. The SMILES string of the molecule is c1cc2cc(-c3cnc(-c4cc5ccc(C6=NCCN6)cc5[nH]4)cn3)[nH]c2cc1C1=NCCN1. The number of hydrogen-bond donors (Lipinski definition) is 4. The molecular formula is C26H22N8. The van der Waals surface area contributed by atoms with E-state index in [-0.39, 0.29) is 0 Å². The van der Waals surface area contributed by atoms with Crippen LogP contribution in [0.3, 0.4) is 0 Å². The van der Waals surface area contributed by atoms with Gasteiger partial charge in [-0.2, -0.15) is 0 Å². The molecule has 166 valence electrons. The Morgan fingerprint density at radius 2 is 1.09 bits per heavy atom. The first-order valence-electron chi connectivity index (χ1n) is 11.5. The fourth-order valence-corrected chi connectivity index (χ4v) is 4.61. The van der Waals surface area contributed by atoms with Crippen LogP contribution in [0.4, 0.5) is 0 Å². The molecule has 0 fully saturated rings. The number of aromatic amines is 2. The fourth-order valence-electron chi connectivity index (χ4n) is 4.61. The summed E-state index contributed by atoms with van der Waals surface area (Å²) in [6, 6.07) is 16.9. The van der Waals surface area contributed by atoms with Gasteiger partial charge in [-0.1, -0.05) is 24.3 Å². The van der Waals surface area contributed by atoms with Gasteiger partial charge in [0, 0.05) is 46.0 Å². The molecule has 8 heteroatoms. The van der Waals surface area contributed by atoms with Crippen molar-refractivity contribution in [3.63, 3.8) is 0 Å². The van der Waals surface area contributed by atoms with Gasteiger partial charge in [-0.15, -0.1) is 0 Å². The molecule has 4 N–H and O–H groups in total. The third-order valence-electron chi connectivity index (χ3n) is 6.34. The minimum Gasteiger partial charge on any atom is -0.368 e. The first kappa shape index (κ1) is 19.0. The van der Waals surface area contributed by atoms with Gasteiger partial charge >= 0.3 is 0 Å². The van der Waals surface area contributed by atoms with Crippen LogP contribution < -0.4 is 10.6 Å². The fraction of sp³-hybridized carbons (Fsp3) is 0.154. The molecule has 0 aliphatic carbocycles. The van der Waals surface area contributed by atoms with E-state index in [9.17, 15) is 0 Å². The van der Waals surface area contributed by atoms with Crippen LogP contribution in [0.5, 0.6) is 0 Å². The van der Waals surface area contributed by atoms with E-state index < -0.39 is 0 Å². The van der Waals surface area contributed by atoms with Crippen molar-refractivity contribution in [2.24, 2.45) is 9.98 Å². The summed E-state index contributed by atoms with van der Waals surface area (Å²) >= 11 is 0. The maximum atomic E-state index is 4.69. The summed E-state index contributed by atoms with van der Waals surface area (Å²) in [4.78, 5) is 25.4. The van der Waals surface area contributed by atoms with Gasteiger partial charge in [0.2, 0.25) is 0 Å². The number of rotatable bonds is 4. The quantitative estimate of drug-likeness (QED) is 0.339. The summed E-state index contributed by atoms with van der Waals surface area (Å²) in [5.74, 6) is 1.92. The molecule has 0 bridgehead atoms. The molecule has 34 heavy (non-hydrogen) atoms.